The molecule has 4 rings (SSSR count). The summed E-state index contributed by atoms with van der Waals surface area (Å²) in [6.45, 7) is 6.10. The average molecular weight is 446 g/mol. The van der Waals surface area contributed by atoms with Crippen LogP contribution in [0.3, 0.4) is 0 Å². The predicted octanol–water partition coefficient (Wildman–Crippen LogP) is 2.88. The van der Waals surface area contributed by atoms with Crippen LogP contribution in [0, 0.1) is 0 Å². The number of nitrogens with zero attached hydrogens (tertiary/aromatic N) is 5. The van der Waals surface area contributed by atoms with Crippen LogP contribution in [0.1, 0.15) is 31.7 Å². The van der Waals surface area contributed by atoms with E-state index in [1.54, 1.807) is 4.90 Å². The molecule has 0 radical (unpaired) electrons. The smallest absolute Gasteiger partial charge is 0.233 e. The van der Waals surface area contributed by atoms with Crippen LogP contribution in [0.4, 0.5) is 5.13 Å². The fourth-order valence-electron chi connectivity index (χ4n) is 3.54. The number of hydrogen-bond acceptors (Lipinski definition) is 7. The van der Waals surface area contributed by atoms with Gasteiger partial charge in [-0.2, -0.15) is 0 Å². The van der Waals surface area contributed by atoms with E-state index in [0.29, 0.717) is 17.3 Å². The zero-order valence-electron chi connectivity index (χ0n) is 17.2. The Bertz CT molecular complexity index is 863. The molecule has 0 atom stereocenters. The van der Waals surface area contributed by atoms with Gasteiger partial charge in [-0.15, -0.1) is 10.2 Å². The number of anilines is 1. The van der Waals surface area contributed by atoms with E-state index in [1.807, 2.05) is 17.9 Å². The minimum absolute atomic E-state index is 0.0923. The molecule has 30 heavy (non-hydrogen) atoms. The molecule has 2 aromatic rings. The molecule has 0 spiro atoms. The third-order valence-corrected chi connectivity index (χ3v) is 7.42. The van der Waals surface area contributed by atoms with E-state index in [4.69, 9.17) is 0 Å². The molecule has 1 aliphatic heterocycles. The number of benzene rings is 1. The van der Waals surface area contributed by atoms with Gasteiger partial charge in [0.25, 0.3) is 0 Å². The van der Waals surface area contributed by atoms with E-state index < -0.39 is 0 Å². The van der Waals surface area contributed by atoms with Gasteiger partial charge in [-0.05, 0) is 18.4 Å². The summed E-state index contributed by atoms with van der Waals surface area (Å²) < 4.78 is 0.746. The van der Waals surface area contributed by atoms with Crippen molar-refractivity contribution in [1.29, 1.82) is 0 Å². The van der Waals surface area contributed by atoms with Gasteiger partial charge in [-0.3, -0.25) is 19.4 Å². The Morgan fingerprint density at radius 3 is 2.53 bits per heavy atom. The van der Waals surface area contributed by atoms with Gasteiger partial charge in [0.2, 0.25) is 16.9 Å². The Morgan fingerprint density at radius 1 is 1.13 bits per heavy atom. The quantitative estimate of drug-likeness (QED) is 0.460. The largest absolute Gasteiger partial charge is 0.339 e. The molecule has 2 heterocycles. The van der Waals surface area contributed by atoms with Crippen LogP contribution in [-0.2, 0) is 16.1 Å². The van der Waals surface area contributed by atoms with Gasteiger partial charge in [-0.1, -0.05) is 60.4 Å². The normalized spacial score (nSPS) is 17.2. The van der Waals surface area contributed by atoms with Crippen LogP contribution >= 0.6 is 23.1 Å². The first-order valence-electron chi connectivity index (χ1n) is 10.5. The van der Waals surface area contributed by atoms with Crippen molar-refractivity contribution in [3.63, 3.8) is 0 Å². The van der Waals surface area contributed by atoms with Gasteiger partial charge in [-0.25, -0.2) is 0 Å². The lowest BCUT2D eigenvalue weighted by Gasteiger charge is -2.34. The van der Waals surface area contributed by atoms with Crippen molar-refractivity contribution < 1.29 is 9.59 Å². The second-order valence-corrected chi connectivity index (χ2v) is 9.81. The van der Waals surface area contributed by atoms with Gasteiger partial charge in [0.15, 0.2) is 4.34 Å². The second kappa shape index (κ2) is 9.89. The average Bonchev–Trinajstić information content (AvgIpc) is 3.50. The summed E-state index contributed by atoms with van der Waals surface area (Å²) in [5, 5.41) is 9.07. The van der Waals surface area contributed by atoms with Crippen LogP contribution in [0.15, 0.2) is 34.7 Å². The summed E-state index contributed by atoms with van der Waals surface area (Å²) in [4.78, 5) is 31.0. The van der Waals surface area contributed by atoms with Gasteiger partial charge < -0.3 is 4.90 Å². The highest BCUT2D eigenvalue weighted by Gasteiger charge is 2.35. The van der Waals surface area contributed by atoms with Gasteiger partial charge in [0.05, 0.1) is 5.75 Å². The highest BCUT2D eigenvalue weighted by atomic mass is 32.2. The third-order valence-electron chi connectivity index (χ3n) is 5.38. The lowest BCUT2D eigenvalue weighted by molar-refractivity contribution is -0.130. The molecule has 2 fully saturated rings. The topological polar surface area (TPSA) is 69.6 Å². The van der Waals surface area contributed by atoms with Crippen molar-refractivity contribution in [2.75, 3.05) is 36.8 Å². The van der Waals surface area contributed by atoms with Crippen molar-refractivity contribution in [2.45, 2.75) is 43.1 Å². The predicted molar refractivity (Wildman–Crippen MR) is 120 cm³/mol. The summed E-state index contributed by atoms with van der Waals surface area (Å²) >= 11 is 2.83. The molecular formula is C21H27N5O2S2. The van der Waals surface area contributed by atoms with E-state index in [9.17, 15) is 9.59 Å². The van der Waals surface area contributed by atoms with Crippen molar-refractivity contribution in [1.82, 2.24) is 20.0 Å². The Balaban J connectivity index is 1.23. The van der Waals surface area contributed by atoms with Crippen LogP contribution < -0.4 is 4.90 Å². The number of aromatic nitrogens is 2. The minimum Gasteiger partial charge on any atom is -0.339 e. The summed E-state index contributed by atoms with van der Waals surface area (Å²) in [5.74, 6) is 0.591. The van der Waals surface area contributed by atoms with Crippen molar-refractivity contribution in [3.05, 3.63) is 35.9 Å². The number of hydrogen-bond donors (Lipinski definition) is 0. The van der Waals surface area contributed by atoms with E-state index in [0.717, 1.165) is 49.9 Å². The Labute approximate surface area is 185 Å². The fraction of sp³-hybridized carbons (Fsp3) is 0.524. The van der Waals surface area contributed by atoms with Gasteiger partial charge in [0.1, 0.15) is 0 Å². The lowest BCUT2D eigenvalue weighted by atomic mass is 10.2. The number of carbonyl (C=O) groups is 2. The minimum atomic E-state index is 0.0923. The molecule has 0 bridgehead atoms. The first kappa shape index (κ1) is 21.3. The molecule has 1 saturated heterocycles. The molecule has 0 unspecified atom stereocenters. The number of amides is 2. The summed E-state index contributed by atoms with van der Waals surface area (Å²) in [7, 11) is 0. The van der Waals surface area contributed by atoms with Gasteiger partial charge in [0, 0.05) is 45.2 Å². The maximum Gasteiger partial charge on any atom is 0.233 e. The number of piperazine rings is 1. The van der Waals surface area contributed by atoms with Crippen LogP contribution in [0.2, 0.25) is 0 Å². The molecule has 0 N–H and O–H groups in total. The molecule has 2 amide bonds. The van der Waals surface area contributed by atoms with Gasteiger partial charge >= 0.3 is 0 Å². The van der Waals surface area contributed by atoms with E-state index >= 15 is 0 Å². The second-order valence-electron chi connectivity index (χ2n) is 7.63. The van der Waals surface area contributed by atoms with Crippen LogP contribution in [-0.4, -0.2) is 69.8 Å². The molecule has 2 aliphatic rings. The molecule has 1 aliphatic carbocycles. The molecule has 1 aromatic carbocycles. The molecule has 7 nitrogen and oxygen atoms in total. The standard InChI is InChI=1S/C21H27N5O2S2/c1-2-18(27)26(17-8-9-17)20-22-23-21(30-20)29-15-19(28)25-12-10-24(11-13-25)14-16-6-4-3-5-7-16/h3-7,17H,2,8-15H2,1H3. The maximum atomic E-state index is 12.6. The Morgan fingerprint density at radius 2 is 1.87 bits per heavy atom. The summed E-state index contributed by atoms with van der Waals surface area (Å²) in [6.07, 6.45) is 2.53. The Hall–Kier alpha value is -1.97. The zero-order valence-corrected chi connectivity index (χ0v) is 18.8. The van der Waals surface area contributed by atoms with Crippen molar-refractivity contribution in [3.8, 4) is 0 Å². The Kier molecular flexibility index (Phi) is 7.01. The van der Waals surface area contributed by atoms with Crippen molar-refractivity contribution >= 4 is 40.0 Å². The first-order chi connectivity index (χ1) is 14.6. The number of thioether (sulfide) groups is 1. The monoisotopic (exact) mass is 445 g/mol. The molecular weight excluding hydrogens is 418 g/mol. The van der Waals surface area contributed by atoms with Crippen molar-refractivity contribution in [2.24, 2.45) is 0 Å². The molecule has 9 heteroatoms. The zero-order chi connectivity index (χ0) is 20.9. The SMILES string of the molecule is CCC(=O)N(c1nnc(SCC(=O)N2CCN(Cc3ccccc3)CC2)s1)C1CC1. The van der Waals surface area contributed by atoms with E-state index in [1.165, 1.54) is 28.7 Å². The fourth-order valence-corrected chi connectivity index (χ4v) is 5.37. The lowest BCUT2D eigenvalue weighted by Crippen LogP contribution is -2.48. The first-order valence-corrected chi connectivity index (χ1v) is 12.3. The van der Waals surface area contributed by atoms with E-state index in [2.05, 4.69) is 39.4 Å². The highest BCUT2D eigenvalue weighted by molar-refractivity contribution is 8.01. The maximum absolute atomic E-state index is 12.6. The summed E-state index contributed by atoms with van der Waals surface area (Å²) in [5.41, 5.74) is 1.31. The van der Waals surface area contributed by atoms with Crippen LogP contribution in [0.25, 0.3) is 0 Å². The number of carbonyl (C=O) groups excluding carboxylic acids is 2. The molecule has 160 valence electrons. The third kappa shape index (κ3) is 5.39. The molecule has 1 saturated carbocycles. The van der Waals surface area contributed by atoms with E-state index in [-0.39, 0.29) is 17.9 Å². The highest BCUT2D eigenvalue weighted by Crippen LogP contribution is 2.36. The number of rotatable bonds is 8. The van der Waals surface area contributed by atoms with Crippen LogP contribution in [0.5, 0.6) is 0 Å². The summed E-state index contributed by atoms with van der Waals surface area (Å²) in [6, 6.07) is 10.7. The molecule has 1 aromatic heterocycles.